The molecule has 5 heteroatoms. The van der Waals surface area contributed by atoms with Crippen LogP contribution in [0.15, 0.2) is 168 Å². The van der Waals surface area contributed by atoms with Crippen molar-refractivity contribution in [2.24, 2.45) is 0 Å². The van der Waals surface area contributed by atoms with Crippen LogP contribution in [0.25, 0.3) is 87.1 Å². The summed E-state index contributed by atoms with van der Waals surface area (Å²) in [6.07, 6.45) is 0. The fourth-order valence-electron chi connectivity index (χ4n) is 7.84. The molecule has 0 radical (unpaired) electrons. The molecule has 0 saturated carbocycles. The van der Waals surface area contributed by atoms with Gasteiger partial charge in [-0.15, -0.1) is 11.3 Å². The van der Waals surface area contributed by atoms with E-state index in [1.165, 1.54) is 32.0 Å². The summed E-state index contributed by atoms with van der Waals surface area (Å²) in [5.41, 5.74) is 11.9. The Labute approximate surface area is 303 Å². The zero-order chi connectivity index (χ0) is 34.2. The number of anilines is 1. The van der Waals surface area contributed by atoms with E-state index in [9.17, 15) is 0 Å². The van der Waals surface area contributed by atoms with Gasteiger partial charge in [0.15, 0.2) is 5.82 Å². The highest BCUT2D eigenvalue weighted by Crippen LogP contribution is 2.50. The molecular formula is C47H29N3OS. The summed E-state index contributed by atoms with van der Waals surface area (Å²) < 4.78 is 8.97. The molecule has 1 aliphatic rings. The zero-order valence-electron chi connectivity index (χ0n) is 27.9. The molecular weight excluding hydrogens is 655 g/mol. The van der Waals surface area contributed by atoms with Gasteiger partial charge in [-0.3, -0.25) is 0 Å². The number of benzene rings is 7. The van der Waals surface area contributed by atoms with Crippen molar-refractivity contribution < 1.29 is 4.42 Å². The number of nitrogens with zero attached hydrogens (tertiary/aromatic N) is 2. The first-order valence-corrected chi connectivity index (χ1v) is 18.3. The Kier molecular flexibility index (Phi) is 6.45. The molecule has 0 spiro atoms. The van der Waals surface area contributed by atoms with Crippen LogP contribution in [0.3, 0.4) is 0 Å². The van der Waals surface area contributed by atoms with Crippen molar-refractivity contribution in [3.05, 3.63) is 175 Å². The van der Waals surface area contributed by atoms with Crippen LogP contribution in [-0.2, 0) is 0 Å². The molecule has 1 aliphatic heterocycles. The fourth-order valence-corrected chi connectivity index (χ4v) is 9.00. The number of hydrogen-bond donors (Lipinski definition) is 1. The minimum Gasteiger partial charge on any atom is -0.456 e. The standard InChI is InChI=1S/C47H29N3OS/c1-2-11-33(12-3-1)47-49-43(46-44(50-47)36-15-7-9-17-39(36)52-46)32-24-20-29(21-25-32)28-18-22-31(23-19-28)42-41-35-14-6-8-16-38(35)51-45(41)40-34-13-5-4-10-30(34)26-27-37(40)48-42/h1-27,42,48H. The Balaban J connectivity index is 0.969. The highest BCUT2D eigenvalue weighted by atomic mass is 32.1. The van der Waals surface area contributed by atoms with Gasteiger partial charge < -0.3 is 9.73 Å². The molecule has 4 nitrogen and oxygen atoms in total. The van der Waals surface area contributed by atoms with Gasteiger partial charge in [0.05, 0.1) is 22.0 Å². The molecule has 7 aromatic carbocycles. The van der Waals surface area contributed by atoms with Crippen molar-refractivity contribution in [3.63, 3.8) is 0 Å². The lowest BCUT2D eigenvalue weighted by atomic mass is 9.87. The summed E-state index contributed by atoms with van der Waals surface area (Å²) in [5.74, 6) is 1.69. The van der Waals surface area contributed by atoms with E-state index in [4.69, 9.17) is 14.4 Å². The Morgan fingerprint density at radius 3 is 2.04 bits per heavy atom. The van der Waals surface area contributed by atoms with Gasteiger partial charge in [0.25, 0.3) is 0 Å². The molecule has 1 atom stereocenters. The van der Waals surface area contributed by atoms with Crippen molar-refractivity contribution in [2.45, 2.75) is 6.04 Å². The second kappa shape index (κ2) is 11.5. The van der Waals surface area contributed by atoms with E-state index in [2.05, 4.69) is 145 Å². The Bertz CT molecular complexity index is 2980. The number of fused-ring (bicyclic) bond motifs is 10. The van der Waals surface area contributed by atoms with Crippen molar-refractivity contribution in [1.29, 1.82) is 0 Å². The zero-order valence-corrected chi connectivity index (χ0v) is 28.7. The van der Waals surface area contributed by atoms with Crippen LogP contribution in [0.2, 0.25) is 0 Å². The third kappa shape index (κ3) is 4.53. The second-order valence-corrected chi connectivity index (χ2v) is 14.4. The van der Waals surface area contributed by atoms with E-state index >= 15 is 0 Å². The lowest BCUT2D eigenvalue weighted by Gasteiger charge is -2.28. The van der Waals surface area contributed by atoms with Crippen molar-refractivity contribution in [1.82, 2.24) is 9.97 Å². The van der Waals surface area contributed by atoms with Crippen LogP contribution < -0.4 is 5.32 Å². The van der Waals surface area contributed by atoms with E-state index in [1.807, 2.05) is 24.3 Å². The molecule has 1 unspecified atom stereocenters. The predicted octanol–water partition coefficient (Wildman–Crippen LogP) is 12.9. The molecule has 0 bridgehead atoms. The van der Waals surface area contributed by atoms with Crippen LogP contribution in [0.5, 0.6) is 0 Å². The Morgan fingerprint density at radius 2 is 1.21 bits per heavy atom. The number of hydrogen-bond acceptors (Lipinski definition) is 5. The highest BCUT2D eigenvalue weighted by Gasteiger charge is 2.32. The lowest BCUT2D eigenvalue weighted by Crippen LogP contribution is -2.17. The van der Waals surface area contributed by atoms with Crippen LogP contribution >= 0.6 is 11.3 Å². The topological polar surface area (TPSA) is 51.0 Å². The number of aromatic nitrogens is 2. The van der Waals surface area contributed by atoms with Gasteiger partial charge in [0.2, 0.25) is 0 Å². The van der Waals surface area contributed by atoms with E-state index in [0.29, 0.717) is 0 Å². The lowest BCUT2D eigenvalue weighted by molar-refractivity contribution is 0.623. The molecule has 0 aliphatic carbocycles. The van der Waals surface area contributed by atoms with Crippen LogP contribution in [0.1, 0.15) is 17.2 Å². The summed E-state index contributed by atoms with van der Waals surface area (Å²) in [6, 6.07) is 57.7. The third-order valence-corrected chi connectivity index (χ3v) is 11.5. The number of furan rings is 1. The molecule has 1 N–H and O–H groups in total. The van der Waals surface area contributed by atoms with E-state index in [1.54, 1.807) is 11.3 Å². The van der Waals surface area contributed by atoms with E-state index in [-0.39, 0.29) is 6.04 Å². The molecule has 0 saturated heterocycles. The normalized spacial score (nSPS) is 13.7. The van der Waals surface area contributed by atoms with Crippen LogP contribution in [-0.4, -0.2) is 9.97 Å². The van der Waals surface area contributed by atoms with Crippen molar-refractivity contribution in [3.8, 4) is 45.1 Å². The minimum absolute atomic E-state index is 0.0518. The molecule has 3 aromatic heterocycles. The monoisotopic (exact) mass is 683 g/mol. The molecule has 52 heavy (non-hydrogen) atoms. The summed E-state index contributed by atoms with van der Waals surface area (Å²) in [5, 5.41) is 8.59. The summed E-state index contributed by atoms with van der Waals surface area (Å²) in [4.78, 5) is 10.2. The van der Waals surface area contributed by atoms with Gasteiger partial charge in [-0.25, -0.2) is 9.97 Å². The maximum Gasteiger partial charge on any atom is 0.160 e. The molecule has 4 heterocycles. The quantitative estimate of drug-likeness (QED) is 0.201. The fraction of sp³-hybridized carbons (Fsp3) is 0.0213. The van der Waals surface area contributed by atoms with Crippen molar-refractivity contribution in [2.75, 3.05) is 5.32 Å². The number of para-hydroxylation sites is 1. The Hall–Kier alpha value is -6.56. The summed E-state index contributed by atoms with van der Waals surface area (Å²) >= 11 is 1.76. The van der Waals surface area contributed by atoms with Crippen molar-refractivity contribution >= 4 is 59.1 Å². The predicted molar refractivity (Wildman–Crippen MR) is 216 cm³/mol. The second-order valence-electron chi connectivity index (χ2n) is 13.4. The number of thiophene rings is 1. The van der Waals surface area contributed by atoms with Gasteiger partial charge in [0, 0.05) is 43.4 Å². The maximum atomic E-state index is 6.65. The van der Waals surface area contributed by atoms with Gasteiger partial charge in [-0.1, -0.05) is 146 Å². The van der Waals surface area contributed by atoms with Crippen LogP contribution in [0.4, 0.5) is 5.69 Å². The van der Waals surface area contributed by atoms with Gasteiger partial charge in [-0.05, 0) is 45.7 Å². The first-order valence-electron chi connectivity index (χ1n) is 17.5. The molecule has 10 aromatic rings. The maximum absolute atomic E-state index is 6.65. The van der Waals surface area contributed by atoms with E-state index < -0.39 is 0 Å². The summed E-state index contributed by atoms with van der Waals surface area (Å²) in [6.45, 7) is 0. The highest BCUT2D eigenvalue weighted by molar-refractivity contribution is 7.26. The van der Waals surface area contributed by atoms with Crippen LogP contribution in [0, 0.1) is 0 Å². The first kappa shape index (κ1) is 29.2. The van der Waals surface area contributed by atoms with Gasteiger partial charge in [-0.2, -0.15) is 0 Å². The van der Waals surface area contributed by atoms with E-state index in [0.717, 1.165) is 72.0 Å². The van der Waals surface area contributed by atoms with Gasteiger partial charge in [0.1, 0.15) is 11.3 Å². The average molecular weight is 684 g/mol. The Morgan fingerprint density at radius 1 is 0.538 bits per heavy atom. The largest absolute Gasteiger partial charge is 0.456 e. The average Bonchev–Trinajstić information content (AvgIpc) is 3.80. The number of rotatable bonds is 4. The summed E-state index contributed by atoms with van der Waals surface area (Å²) in [7, 11) is 0. The molecule has 244 valence electrons. The SMILES string of the molecule is c1ccc(-c2nc(-c3ccc(-c4ccc(C5Nc6ccc7ccccc7c6-c6oc7ccccc7c65)cc4)cc3)c3sc4ccccc4c3n2)cc1. The molecule has 0 fully saturated rings. The number of nitrogens with one attached hydrogen (secondary N) is 1. The third-order valence-electron chi connectivity index (χ3n) is 10.4. The minimum atomic E-state index is -0.0518. The molecule has 0 amide bonds. The van der Waals surface area contributed by atoms with Gasteiger partial charge >= 0.3 is 0 Å². The molecule has 11 rings (SSSR count). The first-order chi connectivity index (χ1) is 25.8. The smallest absolute Gasteiger partial charge is 0.160 e.